The van der Waals surface area contributed by atoms with E-state index in [1.54, 1.807) is 0 Å². The summed E-state index contributed by atoms with van der Waals surface area (Å²) in [6, 6.07) is 0. The third-order valence-electron chi connectivity index (χ3n) is 1.25. The van der Waals surface area contributed by atoms with Gasteiger partial charge in [0.1, 0.15) is 0 Å². The van der Waals surface area contributed by atoms with E-state index >= 15 is 0 Å². The number of hydrogen-bond donors (Lipinski definition) is 0. The van der Waals surface area contributed by atoms with Gasteiger partial charge in [-0.1, -0.05) is 0 Å². The van der Waals surface area contributed by atoms with Crippen LogP contribution in [-0.4, -0.2) is 58.7 Å². The first kappa shape index (κ1) is 10.7. The van der Waals surface area contributed by atoms with Gasteiger partial charge in [-0.15, -0.1) is 0 Å². The van der Waals surface area contributed by atoms with Gasteiger partial charge in [-0.25, -0.2) is 0 Å². The second-order valence-electron chi connectivity index (χ2n) is 1.73. The van der Waals surface area contributed by atoms with E-state index in [0.717, 1.165) is 0 Å². The first-order chi connectivity index (χ1) is 4.74. The third kappa shape index (κ3) is 2.75. The van der Waals surface area contributed by atoms with Crippen molar-refractivity contribution in [3.63, 3.8) is 0 Å². The summed E-state index contributed by atoms with van der Waals surface area (Å²) < 4.78 is 19.8. The molecular formula is C5H13InO4. The minimum absolute atomic E-state index is 0.181. The zero-order chi connectivity index (χ0) is 8.04. The summed E-state index contributed by atoms with van der Waals surface area (Å²) >= 11 is 0.181. The molecule has 0 unspecified atom stereocenters. The summed E-state index contributed by atoms with van der Waals surface area (Å²) in [5.74, 6) is -0.994. The molecule has 0 saturated heterocycles. The van der Waals surface area contributed by atoms with Crippen LogP contribution in [0.3, 0.4) is 0 Å². The Balaban J connectivity index is 3.87. The van der Waals surface area contributed by atoms with Gasteiger partial charge in [-0.05, 0) is 0 Å². The molecule has 0 aromatic rings. The van der Waals surface area contributed by atoms with E-state index in [1.807, 2.05) is 0 Å². The fraction of sp³-hybridized carbons (Fsp3) is 1.00. The number of rotatable bonds is 5. The molecular weight excluding hydrogens is 239 g/mol. The van der Waals surface area contributed by atoms with Crippen LogP contribution in [0.2, 0.25) is 0 Å². The molecule has 60 valence electrons. The van der Waals surface area contributed by atoms with Crippen molar-refractivity contribution in [2.45, 2.75) is 5.97 Å². The minimum atomic E-state index is -0.994. The third-order valence-corrected chi connectivity index (χ3v) is 2.08. The van der Waals surface area contributed by atoms with E-state index in [4.69, 9.17) is 17.1 Å². The zero-order valence-corrected chi connectivity index (χ0v) is 12.5. The molecule has 0 heterocycles. The second-order valence-corrected chi connectivity index (χ2v) is 3.38. The maximum atomic E-state index is 5.02. The predicted octanol–water partition coefficient (Wildman–Crippen LogP) is -0.856. The van der Waals surface area contributed by atoms with Gasteiger partial charge < -0.3 is 0 Å². The van der Waals surface area contributed by atoms with Crippen LogP contribution >= 0.6 is 0 Å². The zero-order valence-electron chi connectivity index (χ0n) is 6.84. The van der Waals surface area contributed by atoms with E-state index in [1.165, 1.54) is 21.3 Å². The Labute approximate surface area is 76.0 Å². The summed E-state index contributed by atoms with van der Waals surface area (Å²) in [6.45, 7) is 0.340. The molecule has 0 aliphatic carbocycles. The summed E-state index contributed by atoms with van der Waals surface area (Å²) in [5, 5.41) is 0. The van der Waals surface area contributed by atoms with Crippen molar-refractivity contribution in [2.75, 3.05) is 27.9 Å². The van der Waals surface area contributed by atoms with Crippen molar-refractivity contribution in [1.82, 2.24) is 0 Å². The molecule has 0 aliphatic rings. The van der Waals surface area contributed by atoms with Crippen LogP contribution < -0.4 is 0 Å². The molecule has 0 N–H and O–H groups in total. The van der Waals surface area contributed by atoms with E-state index in [-0.39, 0.29) is 24.8 Å². The average molecular weight is 252 g/mol. The summed E-state index contributed by atoms with van der Waals surface area (Å²) in [4.78, 5) is 0. The van der Waals surface area contributed by atoms with E-state index in [2.05, 4.69) is 0 Å². The van der Waals surface area contributed by atoms with Gasteiger partial charge >= 0.3 is 75.8 Å². The fourth-order valence-corrected chi connectivity index (χ4v) is 1.61. The normalized spacial score (nSPS) is 11.9. The van der Waals surface area contributed by atoms with Crippen molar-refractivity contribution in [3.05, 3.63) is 0 Å². The molecule has 4 nitrogen and oxygen atoms in total. The average Bonchev–Trinajstić information content (AvgIpc) is 2.01. The first-order valence-corrected chi connectivity index (χ1v) is 5.22. The molecule has 5 heteroatoms. The van der Waals surface area contributed by atoms with Crippen LogP contribution in [0.25, 0.3) is 0 Å². The first-order valence-electron chi connectivity index (χ1n) is 2.89. The number of hydrogen-bond acceptors (Lipinski definition) is 4. The van der Waals surface area contributed by atoms with Gasteiger partial charge in [0.15, 0.2) is 0 Å². The number of ether oxygens (including phenoxy) is 3. The van der Waals surface area contributed by atoms with E-state index in [0.29, 0.717) is 6.61 Å². The Kier molecular flexibility index (Phi) is 5.75. The molecule has 0 amide bonds. The van der Waals surface area contributed by atoms with Gasteiger partial charge in [0.05, 0.1) is 0 Å². The summed E-state index contributed by atoms with van der Waals surface area (Å²) in [5.41, 5.74) is 0. The molecule has 0 saturated carbocycles. The molecule has 0 atom stereocenters. The molecule has 0 fully saturated rings. The molecule has 0 spiro atoms. The van der Waals surface area contributed by atoms with Crippen molar-refractivity contribution < 1.29 is 17.1 Å². The predicted molar refractivity (Wildman–Crippen MR) is 38.3 cm³/mol. The summed E-state index contributed by atoms with van der Waals surface area (Å²) in [6.07, 6.45) is 0. The fourth-order valence-electron chi connectivity index (χ4n) is 0.604. The van der Waals surface area contributed by atoms with Crippen LogP contribution in [0.4, 0.5) is 0 Å². The molecule has 10 heavy (non-hydrogen) atoms. The van der Waals surface area contributed by atoms with Crippen LogP contribution in [-0.2, 0) is 17.1 Å². The second kappa shape index (κ2) is 5.37. The Morgan fingerprint density at radius 1 is 1.10 bits per heavy atom. The van der Waals surface area contributed by atoms with Crippen molar-refractivity contribution in [2.24, 2.45) is 0 Å². The molecule has 0 aromatic carbocycles. The van der Waals surface area contributed by atoms with Crippen molar-refractivity contribution in [1.29, 1.82) is 0 Å². The Hall–Kier alpha value is 0.710. The molecule has 0 bridgehead atoms. The Morgan fingerprint density at radius 3 is 1.60 bits per heavy atom. The van der Waals surface area contributed by atoms with Gasteiger partial charge in [0, 0.05) is 0 Å². The Bertz CT molecular complexity index is 75.5. The van der Waals surface area contributed by atoms with Gasteiger partial charge in [0.25, 0.3) is 0 Å². The topological polar surface area (TPSA) is 36.9 Å². The van der Waals surface area contributed by atoms with Crippen LogP contribution in [0, 0.1) is 0 Å². The van der Waals surface area contributed by atoms with E-state index in [9.17, 15) is 0 Å². The van der Waals surface area contributed by atoms with Crippen LogP contribution in [0.5, 0.6) is 0 Å². The van der Waals surface area contributed by atoms with E-state index < -0.39 is 5.97 Å². The summed E-state index contributed by atoms with van der Waals surface area (Å²) in [7, 11) is 4.55. The molecule has 0 aliphatic heterocycles. The standard InChI is InChI=1S/C5H11O4.In.2H/c1-7-5(4-6,8-2)9-3;;;/h4H2,1-3H3;;;/q-1;+1;;. The van der Waals surface area contributed by atoms with Gasteiger partial charge in [-0.3, -0.25) is 0 Å². The SMILES string of the molecule is COC(C[O][InH2])(OC)OC. The van der Waals surface area contributed by atoms with Crippen molar-refractivity contribution >= 4 is 24.8 Å². The Morgan fingerprint density at radius 2 is 1.50 bits per heavy atom. The van der Waals surface area contributed by atoms with Gasteiger partial charge in [0.2, 0.25) is 0 Å². The monoisotopic (exact) mass is 252 g/mol. The number of methoxy groups -OCH3 is 3. The molecule has 0 radical (unpaired) electrons. The van der Waals surface area contributed by atoms with Crippen LogP contribution in [0.15, 0.2) is 0 Å². The van der Waals surface area contributed by atoms with Crippen molar-refractivity contribution in [3.8, 4) is 0 Å². The molecule has 0 aromatic heterocycles. The van der Waals surface area contributed by atoms with Crippen LogP contribution in [0.1, 0.15) is 0 Å². The maximum absolute atomic E-state index is 5.02. The molecule has 0 rings (SSSR count). The van der Waals surface area contributed by atoms with Gasteiger partial charge in [-0.2, -0.15) is 0 Å². The quantitative estimate of drug-likeness (QED) is 0.597.